The molecule has 1 rings (SSSR count). The molecule has 370 valence electrons. The van der Waals surface area contributed by atoms with Crippen molar-refractivity contribution in [1.29, 1.82) is 0 Å². The zero-order valence-corrected chi connectivity index (χ0v) is 35.2. The first-order valence-corrected chi connectivity index (χ1v) is 19.4. The molecule has 20 nitrogen and oxygen atoms in total. The summed E-state index contributed by atoms with van der Waals surface area (Å²) in [5.41, 5.74) is -4.40. The minimum atomic E-state index is -1.65. The van der Waals surface area contributed by atoms with E-state index >= 15 is 0 Å². The highest BCUT2D eigenvalue weighted by Crippen LogP contribution is 2.46. The SMILES string of the molecule is C.C.C.C.CCC(C)(CC(C)(CC(C)(C)C(=O)OCC(O)COC(=O)C(C)C(CC(OC)C(C(=O)O)C(C)C(=O)O)C(=O)O)C(=O)OCC(O)CO)C(=O)OCCN1CCCC1=O. The van der Waals surface area contributed by atoms with Crippen LogP contribution in [0.1, 0.15) is 117 Å². The summed E-state index contributed by atoms with van der Waals surface area (Å²) in [7, 11) is 1.08. The van der Waals surface area contributed by atoms with Crippen molar-refractivity contribution in [3.63, 3.8) is 0 Å². The second-order valence-corrected chi connectivity index (χ2v) is 16.4. The smallest absolute Gasteiger partial charge is 0.311 e. The van der Waals surface area contributed by atoms with Gasteiger partial charge < -0.3 is 59.2 Å². The Bertz CT molecular complexity index is 1490. The number of aliphatic hydroxyl groups is 3. The van der Waals surface area contributed by atoms with Crippen LogP contribution in [0.25, 0.3) is 0 Å². The average Bonchev–Trinajstić information content (AvgIpc) is 3.58. The number of aliphatic hydroxyl groups excluding tert-OH is 3. The number of methoxy groups -OCH3 is 1. The summed E-state index contributed by atoms with van der Waals surface area (Å²) in [6.07, 6.45) is -4.16. The van der Waals surface area contributed by atoms with Crippen LogP contribution in [0, 0.1) is 39.9 Å². The summed E-state index contributed by atoms with van der Waals surface area (Å²) in [6.45, 7) is 7.86. The van der Waals surface area contributed by atoms with Gasteiger partial charge in [-0.3, -0.25) is 38.4 Å². The fraction of sp³-hybridized carbons (Fsp3) is 0.814. The molecule has 0 bridgehead atoms. The molecule has 0 aliphatic carbocycles. The maximum Gasteiger partial charge on any atom is 0.311 e. The van der Waals surface area contributed by atoms with Crippen LogP contribution in [0.15, 0.2) is 0 Å². The minimum Gasteiger partial charge on any atom is -0.481 e. The number of aliphatic carboxylic acids is 3. The third-order valence-electron chi connectivity index (χ3n) is 10.8. The second kappa shape index (κ2) is 29.1. The lowest BCUT2D eigenvalue weighted by Crippen LogP contribution is -2.45. The predicted molar refractivity (Wildman–Crippen MR) is 229 cm³/mol. The molecule has 0 radical (unpaired) electrons. The van der Waals surface area contributed by atoms with E-state index in [2.05, 4.69) is 0 Å². The number of hydrogen-bond acceptors (Lipinski definition) is 16. The van der Waals surface area contributed by atoms with E-state index in [4.69, 9.17) is 23.7 Å². The van der Waals surface area contributed by atoms with Crippen LogP contribution in [0.3, 0.4) is 0 Å². The Hall–Kier alpha value is -4.40. The first-order chi connectivity index (χ1) is 27.3. The predicted octanol–water partition coefficient (Wildman–Crippen LogP) is 3.43. The Kier molecular flexibility index (Phi) is 30.1. The van der Waals surface area contributed by atoms with Crippen LogP contribution < -0.4 is 0 Å². The molecule has 6 N–H and O–H groups in total. The Morgan fingerprint density at radius 2 is 1.24 bits per heavy atom. The summed E-state index contributed by atoms with van der Waals surface area (Å²) in [4.78, 5) is 102. The van der Waals surface area contributed by atoms with Crippen LogP contribution in [-0.2, 0) is 62.0 Å². The van der Waals surface area contributed by atoms with Crippen LogP contribution in [-0.4, -0.2) is 155 Å². The molecule has 0 saturated carbocycles. The van der Waals surface area contributed by atoms with Gasteiger partial charge in [-0.1, -0.05) is 50.5 Å². The van der Waals surface area contributed by atoms with Crippen molar-refractivity contribution in [2.24, 2.45) is 39.9 Å². The van der Waals surface area contributed by atoms with Crippen molar-refractivity contribution >= 4 is 47.7 Å². The summed E-state index contributed by atoms with van der Waals surface area (Å²) in [6, 6.07) is 0. The van der Waals surface area contributed by atoms with E-state index in [1.54, 1.807) is 18.7 Å². The molecule has 1 saturated heterocycles. The topological polar surface area (TPSA) is 307 Å². The molecule has 0 aromatic heterocycles. The number of nitrogens with zero attached hydrogens (tertiary/aromatic N) is 1. The number of ether oxygens (including phenoxy) is 5. The van der Waals surface area contributed by atoms with Crippen LogP contribution in [0.2, 0.25) is 0 Å². The molecule has 1 amide bonds. The lowest BCUT2D eigenvalue weighted by molar-refractivity contribution is -0.172. The standard InChI is InChI=1S/C39H63NO19.4CH4/c1-9-38(6,35(53)56-14-13-40-12-10-11-28(40)44)21-39(7,36(54)59-17-24(42)16-41)20-37(4,5)34(52)58-19-25(43)18-57-33(51)22(2)26(31(47)48)15-27(55-8)29(32(49)50)23(3)30(45)46;;;;/h22-27,29,41-43H,9-21H2,1-8H3,(H,45,46)(H,47,48)(H,49,50);4*1H4. The van der Waals surface area contributed by atoms with Crippen molar-refractivity contribution in [2.75, 3.05) is 53.2 Å². The first kappa shape index (κ1) is 65.2. The number of amides is 1. The lowest BCUT2D eigenvalue weighted by Gasteiger charge is -2.39. The highest BCUT2D eigenvalue weighted by molar-refractivity contribution is 5.84. The maximum absolute atomic E-state index is 13.6. The monoisotopic (exact) mass is 914 g/mol. The van der Waals surface area contributed by atoms with E-state index < -0.39 is 133 Å². The van der Waals surface area contributed by atoms with Gasteiger partial charge in [0, 0.05) is 20.1 Å². The highest BCUT2D eigenvalue weighted by atomic mass is 16.6. The Balaban J connectivity index is -0.00000435. The number of carbonyl (C=O) groups excluding carboxylic acids is 5. The largest absolute Gasteiger partial charge is 0.481 e. The summed E-state index contributed by atoms with van der Waals surface area (Å²) in [5.74, 6) is -14.3. The van der Waals surface area contributed by atoms with Crippen molar-refractivity contribution < 1.29 is 92.7 Å². The normalized spacial score (nSPS) is 17.6. The molecule has 9 unspecified atom stereocenters. The second-order valence-electron chi connectivity index (χ2n) is 16.4. The van der Waals surface area contributed by atoms with Crippen LogP contribution in [0.4, 0.5) is 0 Å². The molecule has 0 aromatic rings. The zero-order valence-electron chi connectivity index (χ0n) is 35.2. The van der Waals surface area contributed by atoms with E-state index in [-0.39, 0.29) is 68.0 Å². The molecule has 1 heterocycles. The number of esters is 4. The van der Waals surface area contributed by atoms with Crippen molar-refractivity contribution in [3.05, 3.63) is 0 Å². The van der Waals surface area contributed by atoms with Gasteiger partial charge in [0.25, 0.3) is 0 Å². The molecule has 1 aliphatic rings. The molecule has 63 heavy (non-hydrogen) atoms. The fourth-order valence-corrected chi connectivity index (χ4v) is 7.12. The third-order valence-corrected chi connectivity index (χ3v) is 10.8. The van der Waals surface area contributed by atoms with E-state index in [9.17, 15) is 69.0 Å². The average molecular weight is 914 g/mol. The van der Waals surface area contributed by atoms with Gasteiger partial charge in [-0.2, -0.15) is 0 Å². The number of carboxylic acid groups (broad SMARTS) is 3. The molecule has 0 aromatic carbocycles. The van der Waals surface area contributed by atoms with Crippen molar-refractivity contribution in [3.8, 4) is 0 Å². The summed E-state index contributed by atoms with van der Waals surface area (Å²) < 4.78 is 26.4. The van der Waals surface area contributed by atoms with Crippen LogP contribution in [0.5, 0.6) is 0 Å². The molecule has 20 heteroatoms. The molecule has 0 spiro atoms. The van der Waals surface area contributed by atoms with Crippen LogP contribution >= 0.6 is 0 Å². The number of carbonyl (C=O) groups is 8. The minimum absolute atomic E-state index is 0. The molecule has 9 atom stereocenters. The fourth-order valence-electron chi connectivity index (χ4n) is 7.12. The highest BCUT2D eigenvalue weighted by Gasteiger charge is 2.50. The molecule has 1 aliphatic heterocycles. The van der Waals surface area contributed by atoms with E-state index in [0.717, 1.165) is 14.0 Å². The van der Waals surface area contributed by atoms with E-state index in [1.807, 2.05) is 0 Å². The summed E-state index contributed by atoms with van der Waals surface area (Å²) >= 11 is 0. The van der Waals surface area contributed by atoms with Gasteiger partial charge in [0.05, 0.1) is 59.2 Å². The third kappa shape index (κ3) is 19.5. The van der Waals surface area contributed by atoms with Gasteiger partial charge in [0.1, 0.15) is 38.6 Å². The van der Waals surface area contributed by atoms with Gasteiger partial charge in [0.15, 0.2) is 0 Å². The summed E-state index contributed by atoms with van der Waals surface area (Å²) in [5, 5.41) is 58.4. The molecular formula is C43H79NO19. The van der Waals surface area contributed by atoms with Gasteiger partial charge >= 0.3 is 41.8 Å². The van der Waals surface area contributed by atoms with E-state index in [0.29, 0.717) is 19.4 Å². The van der Waals surface area contributed by atoms with Gasteiger partial charge in [-0.25, -0.2) is 0 Å². The molecule has 1 fully saturated rings. The molecular weight excluding hydrogens is 834 g/mol. The van der Waals surface area contributed by atoms with Crippen molar-refractivity contribution in [2.45, 2.75) is 135 Å². The van der Waals surface area contributed by atoms with Crippen molar-refractivity contribution in [1.82, 2.24) is 4.90 Å². The zero-order chi connectivity index (χ0) is 45.5. The van der Waals surface area contributed by atoms with Gasteiger partial charge in [0.2, 0.25) is 5.91 Å². The van der Waals surface area contributed by atoms with Gasteiger partial charge in [-0.15, -0.1) is 0 Å². The number of carboxylic acids is 3. The number of likely N-dealkylation sites (tertiary alicyclic amines) is 1. The first-order valence-electron chi connectivity index (χ1n) is 19.4. The maximum atomic E-state index is 13.6. The van der Waals surface area contributed by atoms with Gasteiger partial charge in [-0.05, 0) is 59.8 Å². The van der Waals surface area contributed by atoms with E-state index in [1.165, 1.54) is 27.7 Å². The number of hydrogen-bond donors (Lipinski definition) is 6. The number of rotatable bonds is 28. The Labute approximate surface area is 372 Å². The Morgan fingerprint density at radius 1 is 0.714 bits per heavy atom. The lowest BCUT2D eigenvalue weighted by atomic mass is 9.65. The Morgan fingerprint density at radius 3 is 1.70 bits per heavy atom. The quantitative estimate of drug-likeness (QED) is 0.0484.